The molecule has 204 valence electrons. The lowest BCUT2D eigenvalue weighted by molar-refractivity contribution is 0.155. The molecule has 2 aliphatic rings. The van der Waals surface area contributed by atoms with E-state index in [0.717, 1.165) is 64.2 Å². The van der Waals surface area contributed by atoms with Gasteiger partial charge < -0.3 is 14.5 Å². The van der Waals surface area contributed by atoms with Gasteiger partial charge >= 0.3 is 0 Å². The number of aromatic amines is 1. The number of pyridine rings is 1. The fourth-order valence-corrected chi connectivity index (χ4v) is 6.02. The Labute approximate surface area is 228 Å². The third-order valence-electron chi connectivity index (χ3n) is 8.30. The molecule has 0 saturated heterocycles. The smallest absolute Gasteiger partial charge is 0.252 e. The Balaban J connectivity index is 1.38. The summed E-state index contributed by atoms with van der Waals surface area (Å²) in [6.07, 6.45) is 6.67. The normalized spacial score (nSPS) is 16.3. The van der Waals surface area contributed by atoms with Gasteiger partial charge in [-0.25, -0.2) is 4.68 Å². The molecule has 1 fully saturated rings. The molecule has 1 aliphatic heterocycles. The van der Waals surface area contributed by atoms with Crippen LogP contribution in [0, 0.1) is 13.8 Å². The number of rotatable bonds is 8. The van der Waals surface area contributed by atoms with E-state index in [0.29, 0.717) is 19.1 Å². The Morgan fingerprint density at radius 2 is 1.82 bits per heavy atom. The average molecular weight is 529 g/mol. The minimum absolute atomic E-state index is 0.0665. The number of fused-ring (bicyclic) bond motifs is 2. The third-order valence-corrected chi connectivity index (χ3v) is 8.30. The second-order valence-corrected chi connectivity index (χ2v) is 10.9. The summed E-state index contributed by atoms with van der Waals surface area (Å²) in [4.78, 5) is 18.8. The van der Waals surface area contributed by atoms with Crippen molar-refractivity contribution in [1.29, 1.82) is 0 Å². The van der Waals surface area contributed by atoms with Gasteiger partial charge in [0.15, 0.2) is 17.3 Å². The average Bonchev–Trinajstić information content (AvgIpc) is 3.61. The lowest BCUT2D eigenvalue weighted by atomic mass is 9.95. The number of hydrogen-bond acceptors (Lipinski definition) is 7. The lowest BCUT2D eigenvalue weighted by Gasteiger charge is -2.32. The van der Waals surface area contributed by atoms with Gasteiger partial charge in [-0.2, -0.15) is 0 Å². The van der Waals surface area contributed by atoms with Crippen LogP contribution in [-0.4, -0.2) is 36.9 Å². The second-order valence-electron chi connectivity index (χ2n) is 10.9. The summed E-state index contributed by atoms with van der Waals surface area (Å²) in [5.74, 6) is 2.38. The topological polar surface area (TPSA) is 98.2 Å². The minimum atomic E-state index is -0.0674. The Morgan fingerprint density at radius 1 is 1.03 bits per heavy atom. The maximum atomic E-state index is 13.3. The monoisotopic (exact) mass is 528 g/mol. The molecule has 2 aromatic carbocycles. The van der Waals surface area contributed by atoms with Crippen LogP contribution in [0.4, 0.5) is 0 Å². The van der Waals surface area contributed by atoms with Crippen molar-refractivity contribution in [3.63, 3.8) is 0 Å². The Bertz CT molecular complexity index is 1540. The van der Waals surface area contributed by atoms with E-state index >= 15 is 0 Å². The molecule has 4 aromatic rings. The molecular weight excluding hydrogens is 492 g/mol. The number of tetrazole rings is 1. The number of nitrogens with one attached hydrogen (secondary N) is 1. The van der Waals surface area contributed by atoms with Crippen LogP contribution in [0.25, 0.3) is 10.9 Å². The molecule has 3 heterocycles. The number of aromatic nitrogens is 5. The Morgan fingerprint density at radius 3 is 2.64 bits per heavy atom. The van der Waals surface area contributed by atoms with Gasteiger partial charge in [-0.15, -0.1) is 5.10 Å². The molecule has 9 nitrogen and oxygen atoms in total. The first-order valence-corrected chi connectivity index (χ1v) is 14.0. The molecule has 0 spiro atoms. The van der Waals surface area contributed by atoms with Gasteiger partial charge in [-0.1, -0.05) is 32.3 Å². The number of ether oxygens (including phenoxy) is 2. The fourth-order valence-electron chi connectivity index (χ4n) is 6.02. The van der Waals surface area contributed by atoms with E-state index in [9.17, 15) is 4.79 Å². The summed E-state index contributed by atoms with van der Waals surface area (Å²) in [5, 5.41) is 14.2. The van der Waals surface area contributed by atoms with E-state index < -0.39 is 0 Å². The summed E-state index contributed by atoms with van der Waals surface area (Å²) in [6.45, 7) is 7.63. The van der Waals surface area contributed by atoms with Gasteiger partial charge in [0, 0.05) is 24.2 Å². The molecule has 1 N–H and O–H groups in total. The van der Waals surface area contributed by atoms with Crippen molar-refractivity contribution in [2.24, 2.45) is 0 Å². The van der Waals surface area contributed by atoms with E-state index in [1.165, 1.54) is 24.8 Å². The van der Waals surface area contributed by atoms with Gasteiger partial charge in [-0.05, 0) is 95.9 Å². The maximum absolute atomic E-state index is 13.3. The van der Waals surface area contributed by atoms with Gasteiger partial charge in [0.1, 0.15) is 0 Å². The first kappa shape index (κ1) is 25.6. The molecular formula is C30H36N6O3. The molecule has 9 heteroatoms. The highest BCUT2D eigenvalue weighted by Gasteiger charge is 2.29. The molecule has 39 heavy (non-hydrogen) atoms. The van der Waals surface area contributed by atoms with Gasteiger partial charge in [-0.3, -0.25) is 9.69 Å². The molecule has 6 rings (SSSR count). The minimum Gasteiger partial charge on any atom is -0.454 e. The number of H-pyrrole nitrogens is 1. The van der Waals surface area contributed by atoms with Crippen LogP contribution >= 0.6 is 0 Å². The van der Waals surface area contributed by atoms with Crippen molar-refractivity contribution in [1.82, 2.24) is 30.1 Å². The molecule has 0 amide bonds. The van der Waals surface area contributed by atoms with Crippen LogP contribution in [0.5, 0.6) is 11.5 Å². The van der Waals surface area contributed by atoms with Crippen molar-refractivity contribution >= 4 is 10.9 Å². The highest BCUT2D eigenvalue weighted by molar-refractivity contribution is 5.80. The summed E-state index contributed by atoms with van der Waals surface area (Å²) in [6, 6.07) is 12.5. The van der Waals surface area contributed by atoms with E-state index in [-0.39, 0.29) is 18.4 Å². The van der Waals surface area contributed by atoms with E-state index in [1.54, 1.807) is 0 Å². The number of aryl methyl sites for hydroxylation is 2. The van der Waals surface area contributed by atoms with Crippen LogP contribution in [0.2, 0.25) is 0 Å². The maximum Gasteiger partial charge on any atom is 0.252 e. The summed E-state index contributed by atoms with van der Waals surface area (Å²) >= 11 is 0. The van der Waals surface area contributed by atoms with Crippen LogP contribution in [-0.2, 0) is 13.1 Å². The third kappa shape index (κ3) is 5.15. The standard InChI is InChI=1S/C30H36N6O3/c1-4-26(29-32-33-34-36(29)24-8-6-5-7-9-24)35(16-21-10-11-27-28(14-21)39-18-38-27)17-23-15-22-12-19(2)20(3)13-25(22)31-30(23)37/h10-15,24,26H,4-9,16-18H2,1-3H3,(H,31,37)/t26-/m1/s1. The highest BCUT2D eigenvalue weighted by atomic mass is 16.7. The predicted octanol–water partition coefficient (Wildman–Crippen LogP) is 5.52. The van der Waals surface area contributed by atoms with E-state index in [1.807, 2.05) is 24.3 Å². The Kier molecular flexibility index (Phi) is 7.08. The first-order chi connectivity index (χ1) is 19.0. The van der Waals surface area contributed by atoms with Crippen molar-refractivity contribution in [3.05, 3.63) is 74.8 Å². The summed E-state index contributed by atoms with van der Waals surface area (Å²) < 4.78 is 13.2. The SMILES string of the molecule is CC[C@H](c1nnnn1C1CCCCC1)N(Cc1ccc2c(c1)OCO2)Cc1cc2cc(C)c(C)cc2[nH]c1=O. The molecule has 2 aromatic heterocycles. The molecule has 1 saturated carbocycles. The predicted molar refractivity (Wildman–Crippen MR) is 149 cm³/mol. The van der Waals surface area contributed by atoms with E-state index in [2.05, 4.69) is 63.0 Å². The van der Waals surface area contributed by atoms with Crippen LogP contribution in [0.15, 0.2) is 41.2 Å². The summed E-state index contributed by atoms with van der Waals surface area (Å²) in [7, 11) is 0. The zero-order valence-corrected chi connectivity index (χ0v) is 22.9. The molecule has 0 radical (unpaired) electrons. The largest absolute Gasteiger partial charge is 0.454 e. The fraction of sp³-hybridized carbons (Fsp3) is 0.467. The van der Waals surface area contributed by atoms with Crippen LogP contribution in [0.3, 0.4) is 0 Å². The molecule has 0 bridgehead atoms. The summed E-state index contributed by atoms with van der Waals surface area (Å²) in [5.41, 5.74) is 4.97. The van der Waals surface area contributed by atoms with Gasteiger partial charge in [0.05, 0.1) is 12.1 Å². The number of benzene rings is 2. The highest BCUT2D eigenvalue weighted by Crippen LogP contribution is 2.36. The van der Waals surface area contributed by atoms with Crippen LogP contribution < -0.4 is 15.0 Å². The number of nitrogens with zero attached hydrogens (tertiary/aromatic N) is 5. The lowest BCUT2D eigenvalue weighted by Crippen LogP contribution is -2.33. The van der Waals surface area contributed by atoms with Crippen molar-refractivity contribution in [2.45, 2.75) is 84.5 Å². The molecule has 0 unspecified atom stereocenters. The molecule has 1 atom stereocenters. The van der Waals surface area contributed by atoms with Gasteiger partial charge in [0.2, 0.25) is 6.79 Å². The van der Waals surface area contributed by atoms with Gasteiger partial charge in [0.25, 0.3) is 5.56 Å². The Hall–Kier alpha value is -3.72. The van der Waals surface area contributed by atoms with Crippen molar-refractivity contribution < 1.29 is 9.47 Å². The number of hydrogen-bond donors (Lipinski definition) is 1. The van der Waals surface area contributed by atoms with E-state index in [4.69, 9.17) is 9.47 Å². The quantitative estimate of drug-likeness (QED) is 0.322. The first-order valence-electron chi connectivity index (χ1n) is 14.0. The van der Waals surface area contributed by atoms with Crippen LogP contribution in [0.1, 0.15) is 85.6 Å². The second kappa shape index (κ2) is 10.8. The zero-order valence-electron chi connectivity index (χ0n) is 22.9. The molecule has 1 aliphatic carbocycles. The zero-order chi connectivity index (χ0) is 26.9. The van der Waals surface area contributed by atoms with Crippen molar-refractivity contribution in [3.8, 4) is 11.5 Å². The van der Waals surface area contributed by atoms with Crippen molar-refractivity contribution in [2.75, 3.05) is 6.79 Å².